The number of benzene rings is 1. The van der Waals surface area contributed by atoms with Crippen molar-refractivity contribution in [2.75, 3.05) is 6.61 Å². The van der Waals surface area contributed by atoms with Gasteiger partial charge in [0.2, 0.25) is 0 Å². The molecule has 1 heteroatoms. The van der Waals surface area contributed by atoms with Crippen LogP contribution in [-0.4, -0.2) is 6.61 Å². The predicted octanol–water partition coefficient (Wildman–Crippen LogP) is 3.39. The lowest BCUT2D eigenvalue weighted by Crippen LogP contribution is -1.90. The smallest absolute Gasteiger partial charge is 0.0822 e. The molecule has 1 rings (SSSR count). The fraction of sp³-hybridized carbons (Fsp3) is 0.538. The lowest BCUT2D eigenvalue weighted by atomic mass is 10.0. The molecule has 0 aliphatic carbocycles. The summed E-state index contributed by atoms with van der Waals surface area (Å²) in [6, 6.07) is 8.73. The van der Waals surface area contributed by atoms with Crippen LogP contribution in [0.4, 0.5) is 0 Å². The van der Waals surface area contributed by atoms with Crippen LogP contribution in [0.5, 0.6) is 0 Å². The second kappa shape index (κ2) is 6.61. The van der Waals surface area contributed by atoms with Gasteiger partial charge in [0.05, 0.1) is 6.61 Å². The van der Waals surface area contributed by atoms with Gasteiger partial charge in [0.25, 0.3) is 0 Å². The van der Waals surface area contributed by atoms with E-state index in [1.807, 2.05) is 0 Å². The molecule has 14 heavy (non-hydrogen) atoms. The quantitative estimate of drug-likeness (QED) is 0.614. The minimum Gasteiger partial charge on any atom is -0.237 e. The lowest BCUT2D eigenvalue weighted by Gasteiger charge is -2.03. The van der Waals surface area contributed by atoms with Gasteiger partial charge >= 0.3 is 0 Å². The Kier molecular flexibility index (Phi) is 5.31. The molecule has 0 saturated heterocycles. The van der Waals surface area contributed by atoms with Crippen LogP contribution in [0.2, 0.25) is 0 Å². The fourth-order valence-corrected chi connectivity index (χ4v) is 1.66. The topological polar surface area (TPSA) is 19.9 Å². The molecule has 0 unspecified atom stereocenters. The van der Waals surface area contributed by atoms with Crippen molar-refractivity contribution in [1.82, 2.24) is 0 Å². The molecule has 1 aromatic rings. The van der Waals surface area contributed by atoms with Crippen LogP contribution in [0.3, 0.4) is 0 Å². The van der Waals surface area contributed by atoms with Gasteiger partial charge in [-0.2, -0.15) is 0 Å². The molecule has 0 aliphatic rings. The molecule has 0 spiro atoms. The van der Waals surface area contributed by atoms with Crippen molar-refractivity contribution in [2.24, 2.45) is 0 Å². The molecule has 0 aromatic heterocycles. The highest BCUT2D eigenvalue weighted by atomic mass is 16.2. The molecule has 0 heterocycles. The maximum atomic E-state index is 10.3. The Labute approximate surface area is 86.8 Å². The number of hydrogen-bond acceptors (Lipinski definition) is 0. The van der Waals surface area contributed by atoms with E-state index in [-0.39, 0.29) is 6.61 Å². The average molecular weight is 191 g/mol. The standard InChI is InChI=1S/C13H19O/c1-2-6-12-8-5-9-13(11-12)7-3-4-10-14/h5,8-9,11H,2-4,6-7,10H2,1H3. The molecule has 0 N–H and O–H groups in total. The van der Waals surface area contributed by atoms with E-state index in [0.29, 0.717) is 0 Å². The first-order valence-electron chi connectivity index (χ1n) is 5.52. The van der Waals surface area contributed by atoms with Crippen LogP contribution in [-0.2, 0) is 17.9 Å². The summed E-state index contributed by atoms with van der Waals surface area (Å²) in [5.74, 6) is 0. The molecule has 1 nitrogen and oxygen atoms in total. The van der Waals surface area contributed by atoms with Gasteiger partial charge in [0.1, 0.15) is 0 Å². The molecule has 1 radical (unpaired) electrons. The van der Waals surface area contributed by atoms with Crippen molar-refractivity contribution in [3.8, 4) is 0 Å². The van der Waals surface area contributed by atoms with Crippen molar-refractivity contribution in [1.29, 1.82) is 0 Å². The van der Waals surface area contributed by atoms with Gasteiger partial charge < -0.3 is 0 Å². The lowest BCUT2D eigenvalue weighted by molar-refractivity contribution is 0.187. The van der Waals surface area contributed by atoms with Crippen molar-refractivity contribution in [2.45, 2.75) is 39.0 Å². The van der Waals surface area contributed by atoms with Crippen LogP contribution in [0.1, 0.15) is 37.3 Å². The third-order valence-corrected chi connectivity index (χ3v) is 2.39. The van der Waals surface area contributed by atoms with Crippen molar-refractivity contribution < 1.29 is 5.11 Å². The molecule has 0 saturated carbocycles. The Balaban J connectivity index is 2.46. The fourth-order valence-electron chi connectivity index (χ4n) is 1.66. The molecule has 0 atom stereocenters. The summed E-state index contributed by atoms with van der Waals surface area (Å²) in [7, 11) is 0. The summed E-state index contributed by atoms with van der Waals surface area (Å²) >= 11 is 0. The third-order valence-electron chi connectivity index (χ3n) is 2.39. The molecule has 0 fully saturated rings. The molecule has 0 aliphatic heterocycles. The number of unbranched alkanes of at least 4 members (excludes halogenated alkanes) is 1. The zero-order valence-electron chi connectivity index (χ0n) is 8.96. The van der Waals surface area contributed by atoms with E-state index in [2.05, 4.69) is 31.2 Å². The van der Waals surface area contributed by atoms with Gasteiger partial charge in [-0.05, 0) is 36.8 Å². The minimum absolute atomic E-state index is 0.0641. The van der Waals surface area contributed by atoms with E-state index in [0.717, 1.165) is 25.7 Å². The van der Waals surface area contributed by atoms with Gasteiger partial charge in [-0.15, -0.1) is 0 Å². The maximum Gasteiger partial charge on any atom is 0.0822 e. The van der Waals surface area contributed by atoms with E-state index in [4.69, 9.17) is 0 Å². The minimum atomic E-state index is 0.0641. The number of hydrogen-bond donors (Lipinski definition) is 0. The van der Waals surface area contributed by atoms with Crippen LogP contribution in [0.25, 0.3) is 0 Å². The van der Waals surface area contributed by atoms with E-state index < -0.39 is 0 Å². The van der Waals surface area contributed by atoms with Crippen LogP contribution in [0.15, 0.2) is 24.3 Å². The molecule has 0 amide bonds. The monoisotopic (exact) mass is 191 g/mol. The Morgan fingerprint density at radius 3 is 2.43 bits per heavy atom. The molecular formula is C13H19O. The summed E-state index contributed by atoms with van der Waals surface area (Å²) in [5.41, 5.74) is 2.80. The summed E-state index contributed by atoms with van der Waals surface area (Å²) in [6.45, 7) is 2.26. The first-order chi connectivity index (χ1) is 6.86. The molecule has 77 valence electrons. The first-order valence-corrected chi connectivity index (χ1v) is 5.52. The Morgan fingerprint density at radius 2 is 1.79 bits per heavy atom. The summed E-state index contributed by atoms with van der Waals surface area (Å²) in [4.78, 5) is 0. The zero-order chi connectivity index (χ0) is 10.2. The van der Waals surface area contributed by atoms with Gasteiger partial charge in [-0.1, -0.05) is 37.6 Å². The number of aryl methyl sites for hydroxylation is 2. The van der Waals surface area contributed by atoms with Gasteiger partial charge in [-0.25, -0.2) is 5.11 Å². The SMILES string of the molecule is CCCc1cccc(CCCC[O])c1. The van der Waals surface area contributed by atoms with Gasteiger partial charge in [0.15, 0.2) is 0 Å². The Morgan fingerprint density at radius 1 is 1.07 bits per heavy atom. The third kappa shape index (κ3) is 3.93. The average Bonchev–Trinajstić information content (AvgIpc) is 2.19. The van der Waals surface area contributed by atoms with Crippen LogP contribution in [0, 0.1) is 0 Å². The molecule has 1 aromatic carbocycles. The predicted molar refractivity (Wildman–Crippen MR) is 58.9 cm³/mol. The Hall–Kier alpha value is -0.820. The maximum absolute atomic E-state index is 10.3. The van der Waals surface area contributed by atoms with Gasteiger partial charge in [0, 0.05) is 0 Å². The largest absolute Gasteiger partial charge is 0.237 e. The van der Waals surface area contributed by atoms with Crippen LogP contribution >= 0.6 is 0 Å². The first kappa shape index (κ1) is 11.3. The van der Waals surface area contributed by atoms with E-state index in [1.54, 1.807) is 0 Å². The van der Waals surface area contributed by atoms with Crippen molar-refractivity contribution in [3.05, 3.63) is 35.4 Å². The normalized spacial score (nSPS) is 10.4. The number of rotatable bonds is 6. The highest BCUT2D eigenvalue weighted by Crippen LogP contribution is 2.10. The van der Waals surface area contributed by atoms with E-state index in [1.165, 1.54) is 17.5 Å². The van der Waals surface area contributed by atoms with Crippen molar-refractivity contribution in [3.63, 3.8) is 0 Å². The Bertz CT molecular complexity index is 255. The summed E-state index contributed by atoms with van der Waals surface area (Å²) in [5, 5.41) is 10.3. The van der Waals surface area contributed by atoms with Crippen LogP contribution < -0.4 is 0 Å². The highest BCUT2D eigenvalue weighted by molar-refractivity contribution is 5.23. The van der Waals surface area contributed by atoms with E-state index in [9.17, 15) is 5.11 Å². The second-order valence-electron chi connectivity index (χ2n) is 3.73. The second-order valence-corrected chi connectivity index (χ2v) is 3.73. The van der Waals surface area contributed by atoms with E-state index >= 15 is 0 Å². The van der Waals surface area contributed by atoms with Crippen molar-refractivity contribution >= 4 is 0 Å². The summed E-state index contributed by atoms with van der Waals surface area (Å²) in [6.07, 6.45) is 5.25. The summed E-state index contributed by atoms with van der Waals surface area (Å²) < 4.78 is 0. The molecular weight excluding hydrogens is 172 g/mol. The molecule has 0 bridgehead atoms. The zero-order valence-corrected chi connectivity index (χ0v) is 8.96. The highest BCUT2D eigenvalue weighted by Gasteiger charge is 1.95. The van der Waals surface area contributed by atoms with Gasteiger partial charge in [-0.3, -0.25) is 0 Å².